The Balaban J connectivity index is 1.74. The van der Waals surface area contributed by atoms with E-state index >= 15 is 0 Å². The molecule has 4 rings (SSSR count). The quantitative estimate of drug-likeness (QED) is 0.398. The fraction of sp³-hybridized carbons (Fsp3) is 0.292. The summed E-state index contributed by atoms with van der Waals surface area (Å²) in [6.07, 6.45) is 4.51. The number of piperazine rings is 1. The molecule has 0 saturated carbocycles. The Labute approximate surface area is 197 Å². The van der Waals surface area contributed by atoms with E-state index in [0.29, 0.717) is 18.8 Å². The van der Waals surface area contributed by atoms with Gasteiger partial charge in [-0.25, -0.2) is 4.99 Å². The number of H-pyrrole nitrogens is 1. The van der Waals surface area contributed by atoms with Gasteiger partial charge in [-0.1, -0.05) is 12.1 Å². The van der Waals surface area contributed by atoms with Gasteiger partial charge in [0.2, 0.25) is 5.91 Å². The monoisotopic (exact) mass is 460 g/mol. The van der Waals surface area contributed by atoms with Crippen LogP contribution in [0.5, 0.6) is 0 Å². The van der Waals surface area contributed by atoms with Crippen LogP contribution in [0.1, 0.15) is 26.5 Å². The number of nitrogens with one attached hydrogen (secondary N) is 2. The van der Waals surface area contributed by atoms with Gasteiger partial charge in [0.25, 0.3) is 5.91 Å². The zero-order valence-corrected chi connectivity index (χ0v) is 19.7. The Morgan fingerprint density at radius 2 is 2.03 bits per heavy atom. The molecule has 0 radical (unpaired) electrons. The minimum atomic E-state index is -0.926. The predicted octanol–water partition coefficient (Wildman–Crippen LogP) is 2.37. The Morgan fingerprint density at radius 1 is 1.26 bits per heavy atom. The molecule has 1 aromatic carbocycles. The summed E-state index contributed by atoms with van der Waals surface area (Å²) in [5.74, 6) is -0.0528. The van der Waals surface area contributed by atoms with Gasteiger partial charge in [-0.3, -0.25) is 19.7 Å². The number of carbonyl (C=O) groups is 2. The van der Waals surface area contributed by atoms with Crippen LogP contribution in [0, 0.1) is 5.41 Å². The van der Waals surface area contributed by atoms with Crippen LogP contribution in [-0.2, 0) is 16.6 Å². The summed E-state index contributed by atoms with van der Waals surface area (Å²) in [6.45, 7) is 5.92. The minimum absolute atomic E-state index is 0.113. The average molecular weight is 461 g/mol. The number of rotatable bonds is 5. The smallest absolute Gasteiger partial charge is 0.252 e. The molecule has 3 aromatic rings. The van der Waals surface area contributed by atoms with E-state index in [2.05, 4.69) is 15.1 Å². The third kappa shape index (κ3) is 3.98. The van der Waals surface area contributed by atoms with Crippen LogP contribution in [0.4, 0.5) is 5.69 Å². The fourth-order valence-corrected chi connectivity index (χ4v) is 4.40. The van der Waals surface area contributed by atoms with Gasteiger partial charge in [0.05, 0.1) is 11.9 Å². The molecule has 1 saturated heterocycles. The summed E-state index contributed by atoms with van der Waals surface area (Å²) in [5.41, 5.74) is 9.85. The van der Waals surface area contributed by atoms with Gasteiger partial charge in [-0.2, -0.15) is 5.10 Å². The SMILES string of the molecule is CC(=O)N1CCN(c2cccc(-c3cc(-c4cnn(C)c4)c(C(N)=NC=N)[nH]3)c2)C(=O)C1(C)C. The zero-order chi connectivity index (χ0) is 24.6. The van der Waals surface area contributed by atoms with Gasteiger partial charge >= 0.3 is 0 Å². The maximum Gasteiger partial charge on any atom is 0.252 e. The lowest BCUT2D eigenvalue weighted by molar-refractivity contribution is -0.145. The molecule has 0 atom stereocenters. The van der Waals surface area contributed by atoms with E-state index in [1.807, 2.05) is 43.6 Å². The normalized spacial score (nSPS) is 16.1. The number of aryl methyl sites for hydroxylation is 1. The molecule has 1 aliphatic rings. The lowest BCUT2D eigenvalue weighted by Gasteiger charge is -2.45. The van der Waals surface area contributed by atoms with E-state index < -0.39 is 5.54 Å². The van der Waals surface area contributed by atoms with Crippen LogP contribution in [0.15, 0.2) is 47.7 Å². The number of aromatic nitrogens is 3. The largest absolute Gasteiger partial charge is 0.382 e. The van der Waals surface area contributed by atoms with Gasteiger partial charge in [0.1, 0.15) is 17.7 Å². The molecule has 0 bridgehead atoms. The van der Waals surface area contributed by atoms with E-state index in [9.17, 15) is 9.59 Å². The number of nitrogens with zero attached hydrogens (tertiary/aromatic N) is 5. The Hall–Kier alpha value is -4.21. The summed E-state index contributed by atoms with van der Waals surface area (Å²) in [7, 11) is 1.83. The van der Waals surface area contributed by atoms with Gasteiger partial charge < -0.3 is 20.5 Å². The number of aliphatic imine (C=N–C) groups is 1. The first-order valence-electron chi connectivity index (χ1n) is 10.9. The molecule has 34 heavy (non-hydrogen) atoms. The van der Waals surface area contributed by atoms with Crippen molar-refractivity contribution >= 4 is 29.7 Å². The number of hydrogen-bond acceptors (Lipinski definition) is 4. The molecule has 0 unspecified atom stereocenters. The summed E-state index contributed by atoms with van der Waals surface area (Å²) >= 11 is 0. The Morgan fingerprint density at radius 3 is 2.68 bits per heavy atom. The van der Waals surface area contributed by atoms with Gasteiger partial charge in [0, 0.05) is 61.3 Å². The minimum Gasteiger partial charge on any atom is -0.382 e. The van der Waals surface area contributed by atoms with Crippen molar-refractivity contribution in [3.8, 4) is 22.4 Å². The third-order valence-electron chi connectivity index (χ3n) is 6.13. The third-order valence-corrected chi connectivity index (χ3v) is 6.13. The molecule has 1 aliphatic heterocycles. The molecular formula is C24H28N8O2. The first-order valence-corrected chi connectivity index (χ1v) is 10.9. The second kappa shape index (κ2) is 8.62. The number of hydrogen-bond donors (Lipinski definition) is 3. The van der Waals surface area contributed by atoms with Crippen molar-refractivity contribution in [3.05, 3.63) is 48.4 Å². The molecule has 2 amide bonds. The zero-order valence-electron chi connectivity index (χ0n) is 19.7. The van der Waals surface area contributed by atoms with E-state index in [1.165, 1.54) is 6.92 Å². The van der Waals surface area contributed by atoms with Crippen molar-refractivity contribution in [1.82, 2.24) is 19.7 Å². The molecule has 0 aliphatic carbocycles. The number of amidine groups is 1. The molecule has 3 heterocycles. The summed E-state index contributed by atoms with van der Waals surface area (Å²) in [5, 5.41) is 11.5. The highest BCUT2D eigenvalue weighted by Gasteiger charge is 2.43. The number of carbonyl (C=O) groups excluding carboxylic acids is 2. The highest BCUT2D eigenvalue weighted by Crippen LogP contribution is 2.33. The Bertz CT molecular complexity index is 1300. The highest BCUT2D eigenvalue weighted by molar-refractivity contribution is 6.06. The van der Waals surface area contributed by atoms with E-state index in [4.69, 9.17) is 11.1 Å². The van der Waals surface area contributed by atoms with Gasteiger partial charge in [-0.05, 0) is 32.0 Å². The van der Waals surface area contributed by atoms with Crippen LogP contribution in [-0.4, -0.2) is 62.3 Å². The van der Waals surface area contributed by atoms with Crippen molar-refractivity contribution in [2.45, 2.75) is 26.3 Å². The van der Waals surface area contributed by atoms with Crippen molar-refractivity contribution in [3.63, 3.8) is 0 Å². The number of benzene rings is 1. The first-order chi connectivity index (χ1) is 16.1. The lowest BCUT2D eigenvalue weighted by Crippen LogP contribution is -2.64. The molecular weight excluding hydrogens is 432 g/mol. The highest BCUT2D eigenvalue weighted by atomic mass is 16.2. The average Bonchev–Trinajstić information content (AvgIpc) is 3.42. The van der Waals surface area contributed by atoms with Crippen LogP contribution in [0.3, 0.4) is 0 Å². The van der Waals surface area contributed by atoms with Gasteiger partial charge in [-0.15, -0.1) is 0 Å². The maximum absolute atomic E-state index is 13.3. The van der Waals surface area contributed by atoms with E-state index in [-0.39, 0.29) is 17.6 Å². The van der Waals surface area contributed by atoms with E-state index in [0.717, 1.165) is 34.4 Å². The maximum atomic E-state index is 13.3. The van der Waals surface area contributed by atoms with Crippen molar-refractivity contribution < 1.29 is 9.59 Å². The number of anilines is 1. The molecule has 2 aromatic heterocycles. The second-order valence-electron chi connectivity index (χ2n) is 8.75. The van der Waals surface area contributed by atoms with Crippen LogP contribution >= 0.6 is 0 Å². The van der Waals surface area contributed by atoms with Gasteiger partial charge in [0.15, 0.2) is 0 Å². The topological polar surface area (TPSA) is 136 Å². The molecule has 176 valence electrons. The van der Waals surface area contributed by atoms with Crippen molar-refractivity contribution in [2.24, 2.45) is 17.8 Å². The molecule has 1 fully saturated rings. The lowest BCUT2D eigenvalue weighted by atomic mass is 9.96. The first kappa shape index (κ1) is 23.0. The predicted molar refractivity (Wildman–Crippen MR) is 132 cm³/mol. The van der Waals surface area contributed by atoms with E-state index in [1.54, 1.807) is 34.5 Å². The van der Waals surface area contributed by atoms with Crippen molar-refractivity contribution in [2.75, 3.05) is 18.0 Å². The number of amides is 2. The second-order valence-corrected chi connectivity index (χ2v) is 8.75. The van der Waals surface area contributed by atoms with Crippen molar-refractivity contribution in [1.29, 1.82) is 5.41 Å². The standard InChI is InChI=1S/C24H28N8O2/c1-15(33)32-9-8-31(23(34)24(32,2)3)18-7-5-6-16(10-18)20-11-19(17-12-28-30(4)13-17)21(29-20)22(26)27-14-25/h5-7,10-14,29H,8-9H2,1-4H3,(H3,25,26,27). The van der Waals surface area contributed by atoms with Crippen LogP contribution in [0.25, 0.3) is 22.4 Å². The number of nitrogens with two attached hydrogens (primary N) is 1. The molecule has 10 nitrogen and oxygen atoms in total. The summed E-state index contributed by atoms with van der Waals surface area (Å²) in [4.78, 5) is 35.9. The molecule has 0 spiro atoms. The molecule has 10 heteroatoms. The summed E-state index contributed by atoms with van der Waals surface area (Å²) in [6, 6.07) is 9.61. The fourth-order valence-electron chi connectivity index (χ4n) is 4.40. The Kier molecular flexibility index (Phi) is 5.82. The summed E-state index contributed by atoms with van der Waals surface area (Å²) < 4.78 is 1.70. The molecule has 4 N–H and O–H groups in total. The van der Waals surface area contributed by atoms with Crippen LogP contribution < -0.4 is 10.6 Å². The number of aromatic amines is 1. The van der Waals surface area contributed by atoms with Crippen LogP contribution in [0.2, 0.25) is 0 Å².